The number of nitrogens with zero attached hydrogens (tertiary/aromatic N) is 3. The van der Waals surface area contributed by atoms with Gasteiger partial charge in [-0.15, -0.1) is 0 Å². The number of fused-ring (bicyclic) bond motifs is 2. The summed E-state index contributed by atoms with van der Waals surface area (Å²) in [6, 6.07) is 12.2. The van der Waals surface area contributed by atoms with Crippen LogP contribution in [-0.4, -0.2) is 68.3 Å². The Morgan fingerprint density at radius 3 is 2.42 bits per heavy atom. The van der Waals surface area contributed by atoms with E-state index in [0.29, 0.717) is 57.1 Å². The van der Waals surface area contributed by atoms with Crippen molar-refractivity contribution in [2.24, 2.45) is 0 Å². The zero-order valence-electron chi connectivity index (χ0n) is 18.6. The zero-order valence-corrected chi connectivity index (χ0v) is 19.4. The molecule has 0 bridgehead atoms. The lowest BCUT2D eigenvalue weighted by atomic mass is 9.99. The van der Waals surface area contributed by atoms with Crippen molar-refractivity contribution in [2.75, 3.05) is 37.7 Å². The minimum absolute atomic E-state index is 0.103. The number of amides is 2. The number of hydrogen-bond acceptors (Lipinski definition) is 5. The predicted octanol–water partition coefficient (Wildman–Crippen LogP) is 1.57. The molecule has 1 saturated heterocycles. The maximum absolute atomic E-state index is 13.5. The standard InChI is InChI=1S/C24H27N3O5S/c1-17(28)27-22-7-6-21(33(30,31)26-10-12-32-13-11-26)14-20(22)15-23(27)24(29)25-9-8-18-4-2-3-5-19(18)16-25/h2-7,14,23H,8-13,15-16H2,1H3/t23-/m0/s1. The molecule has 3 aliphatic heterocycles. The Bertz CT molecular complexity index is 1210. The lowest BCUT2D eigenvalue weighted by Crippen LogP contribution is -2.50. The van der Waals surface area contributed by atoms with Gasteiger partial charge in [0.15, 0.2) is 0 Å². The molecule has 1 fully saturated rings. The van der Waals surface area contributed by atoms with E-state index in [9.17, 15) is 18.0 Å². The topological polar surface area (TPSA) is 87.2 Å². The highest BCUT2D eigenvalue weighted by molar-refractivity contribution is 7.89. The minimum atomic E-state index is -3.66. The van der Waals surface area contributed by atoms with Crippen molar-refractivity contribution in [1.82, 2.24) is 9.21 Å². The molecular formula is C24H27N3O5S. The smallest absolute Gasteiger partial charge is 0.246 e. The third-order valence-electron chi connectivity index (χ3n) is 6.71. The van der Waals surface area contributed by atoms with Crippen LogP contribution in [0.1, 0.15) is 23.6 Å². The summed E-state index contributed by atoms with van der Waals surface area (Å²) in [6.07, 6.45) is 1.09. The summed E-state index contributed by atoms with van der Waals surface area (Å²) in [6.45, 7) is 3.94. The summed E-state index contributed by atoms with van der Waals surface area (Å²) in [5, 5.41) is 0. The van der Waals surface area contributed by atoms with Crippen LogP contribution >= 0.6 is 0 Å². The second-order valence-corrected chi connectivity index (χ2v) is 10.6. The number of sulfonamides is 1. The van der Waals surface area contributed by atoms with Crippen molar-refractivity contribution < 1.29 is 22.7 Å². The summed E-state index contributed by atoms with van der Waals surface area (Å²) in [4.78, 5) is 29.6. The summed E-state index contributed by atoms with van der Waals surface area (Å²) in [5.41, 5.74) is 3.69. The molecule has 5 rings (SSSR count). The van der Waals surface area contributed by atoms with Gasteiger partial charge in [0, 0.05) is 45.2 Å². The number of benzene rings is 2. The van der Waals surface area contributed by atoms with Crippen molar-refractivity contribution in [3.05, 3.63) is 59.2 Å². The van der Waals surface area contributed by atoms with Gasteiger partial charge >= 0.3 is 0 Å². The van der Waals surface area contributed by atoms with Gasteiger partial charge in [-0.2, -0.15) is 4.31 Å². The Labute approximate surface area is 193 Å². The first kappa shape index (κ1) is 22.1. The van der Waals surface area contributed by atoms with Gasteiger partial charge in [-0.05, 0) is 41.3 Å². The van der Waals surface area contributed by atoms with Gasteiger partial charge in [-0.1, -0.05) is 24.3 Å². The number of hydrogen-bond donors (Lipinski definition) is 0. The van der Waals surface area contributed by atoms with Crippen LogP contribution in [0.15, 0.2) is 47.4 Å². The van der Waals surface area contributed by atoms with E-state index >= 15 is 0 Å². The number of morpholine rings is 1. The van der Waals surface area contributed by atoms with E-state index in [1.807, 2.05) is 18.2 Å². The van der Waals surface area contributed by atoms with Gasteiger partial charge in [0.1, 0.15) is 6.04 Å². The number of carbonyl (C=O) groups excluding carboxylic acids is 2. The molecule has 2 amide bonds. The van der Waals surface area contributed by atoms with Gasteiger partial charge in [0.05, 0.1) is 18.1 Å². The molecule has 2 aromatic carbocycles. The minimum Gasteiger partial charge on any atom is -0.379 e. The molecule has 0 aromatic heterocycles. The third kappa shape index (κ3) is 3.94. The predicted molar refractivity (Wildman–Crippen MR) is 122 cm³/mol. The maximum Gasteiger partial charge on any atom is 0.246 e. The van der Waals surface area contributed by atoms with Gasteiger partial charge in [0.2, 0.25) is 21.8 Å². The van der Waals surface area contributed by atoms with Gasteiger partial charge in [-0.25, -0.2) is 8.42 Å². The van der Waals surface area contributed by atoms with Crippen molar-refractivity contribution in [3.63, 3.8) is 0 Å². The summed E-state index contributed by atoms with van der Waals surface area (Å²) >= 11 is 0. The number of rotatable bonds is 3. The lowest BCUT2D eigenvalue weighted by molar-refractivity contribution is -0.135. The fourth-order valence-electron chi connectivity index (χ4n) is 5.01. The zero-order chi connectivity index (χ0) is 23.2. The number of carbonyl (C=O) groups is 2. The molecule has 1 atom stereocenters. The number of anilines is 1. The van der Waals surface area contributed by atoms with E-state index in [2.05, 4.69) is 6.07 Å². The van der Waals surface area contributed by atoms with Crippen LogP contribution in [0.25, 0.3) is 0 Å². The Morgan fingerprint density at radius 1 is 0.970 bits per heavy atom. The average molecular weight is 470 g/mol. The van der Waals surface area contributed by atoms with Crippen molar-refractivity contribution >= 4 is 27.5 Å². The van der Waals surface area contributed by atoms with Crippen molar-refractivity contribution in [3.8, 4) is 0 Å². The molecule has 0 radical (unpaired) electrons. The molecule has 174 valence electrons. The highest BCUT2D eigenvalue weighted by Gasteiger charge is 2.40. The van der Waals surface area contributed by atoms with Crippen LogP contribution in [0.4, 0.5) is 5.69 Å². The second-order valence-electron chi connectivity index (χ2n) is 8.69. The summed E-state index contributed by atoms with van der Waals surface area (Å²) in [7, 11) is -3.66. The highest BCUT2D eigenvalue weighted by atomic mass is 32.2. The van der Waals surface area contributed by atoms with Gasteiger partial charge < -0.3 is 9.64 Å². The fourth-order valence-corrected chi connectivity index (χ4v) is 6.46. The SMILES string of the molecule is CC(=O)N1c2ccc(S(=O)(=O)N3CCOCC3)cc2C[C@H]1C(=O)N1CCc2ccccc2C1. The Kier molecular flexibility index (Phi) is 5.72. The van der Waals surface area contributed by atoms with E-state index in [4.69, 9.17) is 4.74 Å². The van der Waals surface area contributed by atoms with Crippen molar-refractivity contribution in [2.45, 2.75) is 37.2 Å². The molecule has 2 aromatic rings. The Hall–Kier alpha value is -2.75. The van der Waals surface area contributed by atoms with E-state index in [1.165, 1.54) is 27.8 Å². The van der Waals surface area contributed by atoms with E-state index in [-0.39, 0.29) is 16.7 Å². The molecule has 9 heteroatoms. The number of ether oxygens (including phenoxy) is 1. The van der Waals surface area contributed by atoms with Crippen LogP contribution in [0, 0.1) is 0 Å². The lowest BCUT2D eigenvalue weighted by Gasteiger charge is -2.33. The molecule has 0 saturated carbocycles. The van der Waals surface area contributed by atoms with Crippen LogP contribution in [0.5, 0.6) is 0 Å². The van der Waals surface area contributed by atoms with Crippen LogP contribution in [-0.2, 0) is 43.7 Å². The summed E-state index contributed by atoms with van der Waals surface area (Å²) in [5.74, 6) is -0.332. The Balaban J connectivity index is 1.41. The van der Waals surface area contributed by atoms with E-state index in [0.717, 1.165) is 12.0 Å². The third-order valence-corrected chi connectivity index (χ3v) is 8.60. The summed E-state index contributed by atoms with van der Waals surface area (Å²) < 4.78 is 32.9. The molecule has 0 N–H and O–H groups in total. The quantitative estimate of drug-likeness (QED) is 0.681. The molecule has 33 heavy (non-hydrogen) atoms. The molecule has 3 heterocycles. The monoisotopic (exact) mass is 469 g/mol. The average Bonchev–Trinajstić information content (AvgIpc) is 3.23. The largest absolute Gasteiger partial charge is 0.379 e. The second kappa shape index (κ2) is 8.55. The molecular weight excluding hydrogens is 442 g/mol. The first-order chi connectivity index (χ1) is 15.9. The van der Waals surface area contributed by atoms with Crippen molar-refractivity contribution in [1.29, 1.82) is 0 Å². The first-order valence-corrected chi connectivity index (χ1v) is 12.7. The van der Waals surface area contributed by atoms with Crippen LogP contribution in [0.3, 0.4) is 0 Å². The highest BCUT2D eigenvalue weighted by Crippen LogP contribution is 2.36. The molecule has 0 spiro atoms. The van der Waals surface area contributed by atoms with E-state index in [1.54, 1.807) is 17.0 Å². The normalized spacial score (nSPS) is 20.9. The first-order valence-electron chi connectivity index (χ1n) is 11.2. The molecule has 0 unspecified atom stereocenters. The van der Waals surface area contributed by atoms with Crippen LogP contribution < -0.4 is 4.90 Å². The van der Waals surface area contributed by atoms with Gasteiger partial charge in [0.25, 0.3) is 0 Å². The molecule has 0 aliphatic carbocycles. The maximum atomic E-state index is 13.5. The van der Waals surface area contributed by atoms with E-state index < -0.39 is 16.1 Å². The van der Waals surface area contributed by atoms with Crippen LogP contribution in [0.2, 0.25) is 0 Å². The fraction of sp³-hybridized carbons (Fsp3) is 0.417. The Morgan fingerprint density at radius 2 is 1.70 bits per heavy atom. The molecule has 8 nitrogen and oxygen atoms in total. The molecule has 3 aliphatic rings. The van der Waals surface area contributed by atoms with Gasteiger partial charge in [-0.3, -0.25) is 14.5 Å².